The number of hydrogen-bond acceptors (Lipinski definition) is 1. The second kappa shape index (κ2) is 4.44. The number of hydrogen-bond donors (Lipinski definition) is 0. The summed E-state index contributed by atoms with van der Waals surface area (Å²) in [6.07, 6.45) is 4.44. The molecule has 1 aromatic carbocycles. The monoisotopic (exact) mass is 265 g/mol. The third kappa shape index (κ3) is 2.06. The highest BCUT2D eigenvalue weighted by molar-refractivity contribution is 5.67. The van der Waals surface area contributed by atoms with Crippen molar-refractivity contribution in [2.24, 2.45) is 0 Å². The lowest BCUT2D eigenvalue weighted by Crippen LogP contribution is -2.34. The standard InChI is InChI=1S/C19H23N/c1-18(2)11-12-19(3,4)16-15(18)10-13-20-17(16)14-8-6-5-7-9-14/h5-10,13H,11-12H2,1-4H3. The van der Waals surface area contributed by atoms with Gasteiger partial charge < -0.3 is 0 Å². The Morgan fingerprint density at radius 2 is 1.50 bits per heavy atom. The van der Waals surface area contributed by atoms with Gasteiger partial charge in [-0.15, -0.1) is 0 Å². The van der Waals surface area contributed by atoms with E-state index in [1.54, 1.807) is 0 Å². The van der Waals surface area contributed by atoms with Gasteiger partial charge in [-0.05, 0) is 40.9 Å². The molecule has 1 nitrogen and oxygen atoms in total. The summed E-state index contributed by atoms with van der Waals surface area (Å²) in [6.45, 7) is 9.43. The highest BCUT2D eigenvalue weighted by atomic mass is 14.7. The largest absolute Gasteiger partial charge is 0.256 e. The summed E-state index contributed by atoms with van der Waals surface area (Å²) >= 11 is 0. The normalized spacial score (nSPS) is 19.4. The molecule has 1 heterocycles. The van der Waals surface area contributed by atoms with Crippen LogP contribution in [0, 0.1) is 0 Å². The minimum Gasteiger partial charge on any atom is -0.256 e. The molecular formula is C19H23N. The maximum absolute atomic E-state index is 4.72. The van der Waals surface area contributed by atoms with Crippen molar-refractivity contribution in [1.82, 2.24) is 4.98 Å². The summed E-state index contributed by atoms with van der Waals surface area (Å²) in [7, 11) is 0. The van der Waals surface area contributed by atoms with Gasteiger partial charge in [0.05, 0.1) is 5.69 Å². The molecule has 0 atom stereocenters. The van der Waals surface area contributed by atoms with E-state index in [0.717, 1.165) is 0 Å². The summed E-state index contributed by atoms with van der Waals surface area (Å²) in [5, 5.41) is 0. The van der Waals surface area contributed by atoms with E-state index >= 15 is 0 Å². The molecule has 3 rings (SSSR count). The van der Waals surface area contributed by atoms with E-state index in [2.05, 4.69) is 64.1 Å². The number of benzene rings is 1. The number of nitrogens with zero attached hydrogens (tertiary/aromatic N) is 1. The molecule has 0 N–H and O–H groups in total. The van der Waals surface area contributed by atoms with Crippen molar-refractivity contribution < 1.29 is 0 Å². The zero-order valence-corrected chi connectivity index (χ0v) is 12.9. The van der Waals surface area contributed by atoms with Crippen molar-refractivity contribution in [3.8, 4) is 11.3 Å². The van der Waals surface area contributed by atoms with Gasteiger partial charge in [0.1, 0.15) is 0 Å². The van der Waals surface area contributed by atoms with Gasteiger partial charge in [0.15, 0.2) is 0 Å². The molecule has 0 unspecified atom stereocenters. The maximum atomic E-state index is 4.72. The van der Waals surface area contributed by atoms with Crippen LogP contribution in [0.4, 0.5) is 0 Å². The molecule has 20 heavy (non-hydrogen) atoms. The molecular weight excluding hydrogens is 242 g/mol. The molecule has 0 radical (unpaired) electrons. The predicted octanol–water partition coefficient (Wildman–Crippen LogP) is 5.10. The average Bonchev–Trinajstić information content (AvgIpc) is 2.44. The molecule has 0 amide bonds. The first kappa shape index (κ1) is 13.4. The van der Waals surface area contributed by atoms with Crippen LogP contribution in [-0.4, -0.2) is 4.98 Å². The Kier molecular flexibility index (Phi) is 2.97. The van der Waals surface area contributed by atoms with E-state index in [9.17, 15) is 0 Å². The molecule has 104 valence electrons. The summed E-state index contributed by atoms with van der Waals surface area (Å²) in [5.41, 5.74) is 5.77. The Morgan fingerprint density at radius 3 is 2.20 bits per heavy atom. The van der Waals surface area contributed by atoms with Crippen molar-refractivity contribution in [3.05, 3.63) is 53.7 Å². The zero-order valence-electron chi connectivity index (χ0n) is 12.9. The summed E-state index contributed by atoms with van der Waals surface area (Å²) in [4.78, 5) is 4.72. The Morgan fingerprint density at radius 1 is 0.850 bits per heavy atom. The fourth-order valence-corrected chi connectivity index (χ4v) is 3.41. The summed E-state index contributed by atoms with van der Waals surface area (Å²) < 4.78 is 0. The topological polar surface area (TPSA) is 12.9 Å². The molecule has 0 bridgehead atoms. The van der Waals surface area contributed by atoms with Gasteiger partial charge in [0.25, 0.3) is 0 Å². The van der Waals surface area contributed by atoms with E-state index in [0.29, 0.717) is 0 Å². The minimum absolute atomic E-state index is 0.199. The second-order valence-electron chi connectivity index (χ2n) is 7.22. The molecule has 1 heteroatoms. The van der Waals surface area contributed by atoms with Crippen LogP contribution in [0.2, 0.25) is 0 Å². The van der Waals surface area contributed by atoms with Crippen molar-refractivity contribution in [2.75, 3.05) is 0 Å². The van der Waals surface area contributed by atoms with Gasteiger partial charge in [-0.3, -0.25) is 4.98 Å². The first-order valence-corrected chi connectivity index (χ1v) is 7.47. The van der Waals surface area contributed by atoms with Crippen molar-refractivity contribution in [2.45, 2.75) is 51.4 Å². The molecule has 0 spiro atoms. The molecule has 0 fully saturated rings. The van der Waals surface area contributed by atoms with Crippen LogP contribution >= 0.6 is 0 Å². The number of aromatic nitrogens is 1. The fourth-order valence-electron chi connectivity index (χ4n) is 3.41. The molecule has 1 aromatic heterocycles. The quantitative estimate of drug-likeness (QED) is 0.699. The van der Waals surface area contributed by atoms with Crippen LogP contribution in [-0.2, 0) is 10.8 Å². The van der Waals surface area contributed by atoms with Crippen LogP contribution in [0.25, 0.3) is 11.3 Å². The zero-order chi connectivity index (χ0) is 14.4. The van der Waals surface area contributed by atoms with Crippen molar-refractivity contribution >= 4 is 0 Å². The molecule has 0 aliphatic heterocycles. The van der Waals surface area contributed by atoms with Crippen LogP contribution in [0.1, 0.15) is 51.7 Å². The number of rotatable bonds is 1. The van der Waals surface area contributed by atoms with Crippen LogP contribution in [0.15, 0.2) is 42.6 Å². The highest BCUT2D eigenvalue weighted by Gasteiger charge is 2.39. The van der Waals surface area contributed by atoms with Gasteiger partial charge in [-0.2, -0.15) is 0 Å². The van der Waals surface area contributed by atoms with E-state index in [-0.39, 0.29) is 10.8 Å². The van der Waals surface area contributed by atoms with E-state index in [1.165, 1.54) is 35.2 Å². The Labute approximate surface area is 122 Å². The molecule has 2 aromatic rings. The number of pyridine rings is 1. The lowest BCUT2D eigenvalue weighted by atomic mass is 9.62. The summed E-state index contributed by atoms with van der Waals surface area (Å²) in [6, 6.07) is 12.8. The highest BCUT2D eigenvalue weighted by Crippen LogP contribution is 2.48. The van der Waals surface area contributed by atoms with Gasteiger partial charge in [0.2, 0.25) is 0 Å². The van der Waals surface area contributed by atoms with Crippen LogP contribution in [0.5, 0.6) is 0 Å². The molecule has 1 aliphatic carbocycles. The molecule has 1 aliphatic rings. The third-order valence-electron chi connectivity index (χ3n) is 4.78. The van der Waals surface area contributed by atoms with Gasteiger partial charge >= 0.3 is 0 Å². The SMILES string of the molecule is CC1(C)CCC(C)(C)c2c1ccnc2-c1ccccc1. The van der Waals surface area contributed by atoms with E-state index in [1.807, 2.05) is 6.20 Å². The fraction of sp³-hybridized carbons (Fsp3) is 0.421. The van der Waals surface area contributed by atoms with E-state index < -0.39 is 0 Å². The van der Waals surface area contributed by atoms with Crippen molar-refractivity contribution in [1.29, 1.82) is 0 Å². The third-order valence-corrected chi connectivity index (χ3v) is 4.78. The van der Waals surface area contributed by atoms with E-state index in [4.69, 9.17) is 4.98 Å². The first-order valence-electron chi connectivity index (χ1n) is 7.47. The molecule has 0 saturated carbocycles. The summed E-state index contributed by atoms with van der Waals surface area (Å²) in [5.74, 6) is 0. The smallest absolute Gasteiger partial charge is 0.0742 e. The Balaban J connectivity index is 2.29. The van der Waals surface area contributed by atoms with Crippen molar-refractivity contribution in [3.63, 3.8) is 0 Å². The first-order chi connectivity index (χ1) is 9.42. The lowest BCUT2D eigenvalue weighted by molar-refractivity contribution is 0.331. The predicted molar refractivity (Wildman–Crippen MR) is 85.0 cm³/mol. The minimum atomic E-state index is 0.199. The Bertz CT molecular complexity index is 623. The van der Waals surface area contributed by atoms with Gasteiger partial charge in [0, 0.05) is 11.8 Å². The maximum Gasteiger partial charge on any atom is 0.0742 e. The average molecular weight is 265 g/mol. The van der Waals surface area contributed by atoms with Crippen LogP contribution < -0.4 is 0 Å². The van der Waals surface area contributed by atoms with Gasteiger partial charge in [-0.25, -0.2) is 0 Å². The van der Waals surface area contributed by atoms with Crippen LogP contribution in [0.3, 0.4) is 0 Å². The molecule has 0 saturated heterocycles. The second-order valence-corrected chi connectivity index (χ2v) is 7.22. The van der Waals surface area contributed by atoms with Gasteiger partial charge in [-0.1, -0.05) is 58.0 Å². The number of fused-ring (bicyclic) bond motifs is 1. The lowest BCUT2D eigenvalue weighted by Gasteiger charge is -2.42. The Hall–Kier alpha value is -1.63.